The predicted molar refractivity (Wildman–Crippen MR) is 100 cm³/mol. The Morgan fingerprint density at radius 3 is 2.04 bits per heavy atom. The van der Waals surface area contributed by atoms with Crippen LogP contribution in [0.4, 0.5) is 0 Å². The Balaban J connectivity index is 3.99. The van der Waals surface area contributed by atoms with E-state index in [4.69, 9.17) is 30.2 Å². The van der Waals surface area contributed by atoms with Gasteiger partial charge in [-0.15, -0.1) is 0 Å². The molecular weight excluding hydrogens is 348 g/mol. The molecule has 0 amide bonds. The summed E-state index contributed by atoms with van der Waals surface area (Å²) in [5.74, 6) is -0.305. The van der Waals surface area contributed by atoms with Crippen LogP contribution in [0.25, 0.3) is 0 Å². The molecule has 24 heavy (non-hydrogen) atoms. The van der Waals surface area contributed by atoms with E-state index < -0.39 is 8.80 Å². The summed E-state index contributed by atoms with van der Waals surface area (Å²) < 4.78 is 22.2. The number of hydrogen-bond donors (Lipinski definition) is 2. The predicted octanol–water partition coefficient (Wildman–Crippen LogP) is 1.49. The summed E-state index contributed by atoms with van der Waals surface area (Å²) in [5.41, 5.74) is 0. The zero-order chi connectivity index (χ0) is 18.3. The number of thiocarbonyl (C=S) groups is 1. The van der Waals surface area contributed by atoms with Crippen LogP contribution in [0, 0.1) is 0 Å². The van der Waals surface area contributed by atoms with E-state index in [1.807, 2.05) is 20.8 Å². The van der Waals surface area contributed by atoms with Crippen molar-refractivity contribution in [3.8, 4) is 0 Å². The van der Waals surface area contributed by atoms with Crippen LogP contribution in [0.5, 0.6) is 0 Å². The van der Waals surface area contributed by atoms with Crippen molar-refractivity contribution < 1.29 is 22.8 Å². The lowest BCUT2D eigenvalue weighted by Gasteiger charge is -2.28. The van der Waals surface area contributed by atoms with E-state index in [0.717, 1.165) is 19.0 Å². The minimum absolute atomic E-state index is 0.101. The van der Waals surface area contributed by atoms with Gasteiger partial charge < -0.3 is 28.6 Å². The van der Waals surface area contributed by atoms with E-state index >= 15 is 0 Å². The SMILES string of the molecule is CCOC(=O)CNC(=S)CNCCC[Si](OCC)(OCC)OCC. The number of hydrogen-bond acceptors (Lipinski definition) is 7. The molecule has 2 N–H and O–H groups in total. The van der Waals surface area contributed by atoms with Crippen LogP contribution in [0.3, 0.4) is 0 Å². The van der Waals surface area contributed by atoms with E-state index in [-0.39, 0.29) is 12.5 Å². The first-order valence-corrected chi connectivity index (χ1v) is 10.9. The van der Waals surface area contributed by atoms with Crippen LogP contribution in [-0.4, -0.2) is 65.8 Å². The zero-order valence-electron chi connectivity index (χ0n) is 15.3. The van der Waals surface area contributed by atoms with Gasteiger partial charge in [0.05, 0.1) is 11.6 Å². The summed E-state index contributed by atoms with van der Waals surface area (Å²) in [6.07, 6.45) is 0.868. The molecular formula is C15H32N2O5SSi. The van der Waals surface area contributed by atoms with Crippen molar-refractivity contribution in [1.82, 2.24) is 10.6 Å². The molecule has 9 heteroatoms. The average molecular weight is 381 g/mol. The fourth-order valence-corrected chi connectivity index (χ4v) is 4.86. The van der Waals surface area contributed by atoms with Crippen molar-refractivity contribution >= 4 is 32.0 Å². The molecule has 0 aliphatic heterocycles. The Hall–Kier alpha value is -0.583. The minimum atomic E-state index is -2.56. The van der Waals surface area contributed by atoms with E-state index in [9.17, 15) is 4.79 Å². The van der Waals surface area contributed by atoms with E-state index in [1.54, 1.807) is 6.92 Å². The van der Waals surface area contributed by atoms with Gasteiger partial charge in [0.15, 0.2) is 0 Å². The Morgan fingerprint density at radius 2 is 1.54 bits per heavy atom. The second-order valence-corrected chi connectivity index (χ2v) is 8.07. The second kappa shape index (κ2) is 14.7. The summed E-state index contributed by atoms with van der Waals surface area (Å²) in [6.45, 7) is 11.1. The largest absolute Gasteiger partial charge is 0.500 e. The van der Waals surface area contributed by atoms with Gasteiger partial charge in [0.25, 0.3) is 0 Å². The van der Waals surface area contributed by atoms with E-state index in [0.29, 0.717) is 38.0 Å². The normalized spacial score (nSPS) is 11.3. The first-order chi connectivity index (χ1) is 11.5. The van der Waals surface area contributed by atoms with Gasteiger partial charge >= 0.3 is 14.8 Å². The maximum absolute atomic E-state index is 11.2. The fraction of sp³-hybridized carbons (Fsp3) is 0.867. The van der Waals surface area contributed by atoms with E-state index in [1.165, 1.54) is 0 Å². The van der Waals surface area contributed by atoms with Crippen molar-refractivity contribution in [3.63, 3.8) is 0 Å². The molecule has 0 atom stereocenters. The average Bonchev–Trinajstić information content (AvgIpc) is 2.53. The highest BCUT2D eigenvalue weighted by Gasteiger charge is 2.39. The van der Waals surface area contributed by atoms with Crippen LogP contribution in [-0.2, 0) is 22.8 Å². The first kappa shape index (κ1) is 23.4. The van der Waals surface area contributed by atoms with Gasteiger partial charge in [-0.25, -0.2) is 0 Å². The molecule has 0 unspecified atom stereocenters. The minimum Gasteiger partial charge on any atom is -0.465 e. The summed E-state index contributed by atoms with van der Waals surface area (Å²) in [5, 5.41) is 6.10. The molecule has 0 heterocycles. The summed E-state index contributed by atoms with van der Waals surface area (Å²) in [6, 6.07) is 0.762. The smallest absolute Gasteiger partial charge is 0.465 e. The number of nitrogens with one attached hydrogen (secondary N) is 2. The molecule has 0 aliphatic carbocycles. The van der Waals surface area contributed by atoms with Gasteiger partial charge in [-0.1, -0.05) is 12.2 Å². The highest BCUT2D eigenvalue weighted by atomic mass is 32.1. The molecule has 0 aliphatic rings. The van der Waals surface area contributed by atoms with Crippen molar-refractivity contribution in [1.29, 1.82) is 0 Å². The standard InChI is InChI=1S/C15H32N2O5SSi/c1-5-19-15(18)13-17-14(23)12-16-10-9-11-24(20-6-2,21-7-3)22-8-4/h16H,5-13H2,1-4H3,(H,17,23). The molecule has 7 nitrogen and oxygen atoms in total. The van der Waals surface area contributed by atoms with Gasteiger partial charge in [-0.2, -0.15) is 0 Å². The second-order valence-electron chi connectivity index (χ2n) is 4.84. The lowest BCUT2D eigenvalue weighted by Crippen LogP contribution is -2.46. The third-order valence-electron chi connectivity index (χ3n) is 2.95. The molecule has 0 spiro atoms. The lowest BCUT2D eigenvalue weighted by atomic mass is 10.4. The number of esters is 1. The number of ether oxygens (including phenoxy) is 1. The summed E-state index contributed by atoms with van der Waals surface area (Å²) >= 11 is 5.16. The molecule has 0 fully saturated rings. The Bertz CT molecular complexity index is 344. The first-order valence-electron chi connectivity index (χ1n) is 8.58. The van der Waals surface area contributed by atoms with E-state index in [2.05, 4.69) is 10.6 Å². The molecule has 142 valence electrons. The topological polar surface area (TPSA) is 78.1 Å². The maximum atomic E-state index is 11.2. The van der Waals surface area contributed by atoms with Crippen LogP contribution in [0.15, 0.2) is 0 Å². The number of carbonyl (C=O) groups is 1. The van der Waals surface area contributed by atoms with Crippen LogP contribution < -0.4 is 10.6 Å². The number of carbonyl (C=O) groups excluding carboxylic acids is 1. The number of rotatable bonds is 15. The molecule has 0 aromatic heterocycles. The molecule has 0 saturated heterocycles. The molecule has 0 rings (SSSR count). The van der Waals surface area contributed by atoms with Crippen molar-refractivity contribution in [2.75, 3.05) is 46.1 Å². The van der Waals surface area contributed by atoms with Gasteiger partial charge in [0.1, 0.15) is 6.54 Å². The zero-order valence-corrected chi connectivity index (χ0v) is 17.1. The van der Waals surface area contributed by atoms with Gasteiger partial charge in [-0.05, 0) is 40.7 Å². The van der Waals surface area contributed by atoms with Crippen molar-refractivity contribution in [2.24, 2.45) is 0 Å². The van der Waals surface area contributed by atoms with Crippen LogP contribution >= 0.6 is 12.2 Å². The summed E-state index contributed by atoms with van der Waals surface area (Å²) in [7, 11) is -2.56. The third kappa shape index (κ3) is 11.1. The van der Waals surface area contributed by atoms with Crippen molar-refractivity contribution in [2.45, 2.75) is 40.2 Å². The highest BCUT2D eigenvalue weighted by molar-refractivity contribution is 7.80. The molecule has 0 aromatic carbocycles. The molecule has 0 bridgehead atoms. The van der Waals surface area contributed by atoms with Crippen LogP contribution in [0.1, 0.15) is 34.1 Å². The summed E-state index contributed by atoms with van der Waals surface area (Å²) in [4.78, 5) is 11.8. The van der Waals surface area contributed by atoms with Gasteiger partial charge in [-0.3, -0.25) is 4.79 Å². The molecule has 0 radical (unpaired) electrons. The quantitative estimate of drug-likeness (QED) is 0.192. The van der Waals surface area contributed by atoms with Crippen LogP contribution in [0.2, 0.25) is 6.04 Å². The monoisotopic (exact) mass is 380 g/mol. The Kier molecular flexibility index (Phi) is 14.4. The Labute approximate surface area is 152 Å². The third-order valence-corrected chi connectivity index (χ3v) is 6.39. The maximum Gasteiger partial charge on any atom is 0.500 e. The highest BCUT2D eigenvalue weighted by Crippen LogP contribution is 2.17. The lowest BCUT2D eigenvalue weighted by molar-refractivity contribution is -0.141. The Morgan fingerprint density at radius 1 is 0.958 bits per heavy atom. The van der Waals surface area contributed by atoms with Gasteiger partial charge in [0.2, 0.25) is 0 Å². The van der Waals surface area contributed by atoms with Crippen molar-refractivity contribution in [3.05, 3.63) is 0 Å². The molecule has 0 aromatic rings. The van der Waals surface area contributed by atoms with Gasteiger partial charge in [0, 0.05) is 32.4 Å². The fourth-order valence-electron chi connectivity index (χ4n) is 2.08. The molecule has 0 saturated carbocycles.